The van der Waals surface area contributed by atoms with Crippen LogP contribution in [0.25, 0.3) is 0 Å². The van der Waals surface area contributed by atoms with Crippen molar-refractivity contribution in [2.45, 2.75) is 19.1 Å². The third-order valence-electron chi connectivity index (χ3n) is 3.45. The van der Waals surface area contributed by atoms with E-state index in [-0.39, 0.29) is 11.9 Å². The number of carbonyl (C=O) groups is 1. The number of halogens is 3. The molecule has 0 unspecified atom stereocenters. The molecule has 21 heavy (non-hydrogen) atoms. The Hall–Kier alpha value is -1.60. The van der Waals surface area contributed by atoms with Crippen LogP contribution in [0.5, 0.6) is 0 Å². The van der Waals surface area contributed by atoms with Crippen LogP contribution in [-0.4, -0.2) is 43.2 Å². The van der Waals surface area contributed by atoms with Gasteiger partial charge in [0.15, 0.2) is 0 Å². The smallest absolute Gasteiger partial charge is 0.379 e. The number of amides is 1. The average Bonchev–Trinajstić information content (AvgIpc) is 2.47. The van der Waals surface area contributed by atoms with Crippen molar-refractivity contribution in [3.05, 3.63) is 29.8 Å². The van der Waals surface area contributed by atoms with Crippen LogP contribution in [-0.2, 0) is 15.7 Å². The minimum Gasteiger partial charge on any atom is -0.379 e. The quantitative estimate of drug-likeness (QED) is 0.932. The molecule has 1 amide bonds. The van der Waals surface area contributed by atoms with Crippen LogP contribution in [0.1, 0.15) is 12.5 Å². The van der Waals surface area contributed by atoms with Gasteiger partial charge in [0.1, 0.15) is 0 Å². The highest BCUT2D eigenvalue weighted by Gasteiger charge is 2.30. The van der Waals surface area contributed by atoms with Gasteiger partial charge in [0, 0.05) is 18.8 Å². The fourth-order valence-electron chi connectivity index (χ4n) is 2.12. The number of rotatable bonds is 3. The van der Waals surface area contributed by atoms with E-state index in [1.165, 1.54) is 12.1 Å². The largest absolute Gasteiger partial charge is 0.416 e. The molecule has 7 heteroatoms. The Labute approximate surface area is 120 Å². The van der Waals surface area contributed by atoms with Crippen LogP contribution < -0.4 is 5.32 Å². The van der Waals surface area contributed by atoms with E-state index >= 15 is 0 Å². The summed E-state index contributed by atoms with van der Waals surface area (Å²) in [6.07, 6.45) is -4.37. The molecule has 2 rings (SSSR count). The number of ether oxygens (including phenoxy) is 1. The first-order valence-electron chi connectivity index (χ1n) is 6.68. The second-order valence-corrected chi connectivity index (χ2v) is 4.89. The molecule has 0 bridgehead atoms. The van der Waals surface area contributed by atoms with E-state index in [0.29, 0.717) is 32.0 Å². The van der Waals surface area contributed by atoms with Crippen LogP contribution in [0.15, 0.2) is 24.3 Å². The normalized spacial score (nSPS) is 18.3. The maximum absolute atomic E-state index is 12.4. The number of hydrogen-bond donors (Lipinski definition) is 1. The van der Waals surface area contributed by atoms with Gasteiger partial charge in [-0.2, -0.15) is 13.2 Å². The molecule has 1 aliphatic heterocycles. The predicted octanol–water partition coefficient (Wildman–Crippen LogP) is 2.36. The van der Waals surface area contributed by atoms with Crippen molar-refractivity contribution in [1.29, 1.82) is 0 Å². The van der Waals surface area contributed by atoms with E-state index in [1.807, 2.05) is 4.90 Å². The van der Waals surface area contributed by atoms with Crippen LogP contribution >= 0.6 is 0 Å². The van der Waals surface area contributed by atoms with Crippen molar-refractivity contribution >= 4 is 11.6 Å². The van der Waals surface area contributed by atoms with E-state index in [9.17, 15) is 18.0 Å². The molecule has 1 heterocycles. The molecule has 1 aliphatic rings. The van der Waals surface area contributed by atoms with Gasteiger partial charge in [0.25, 0.3) is 0 Å². The molecule has 0 radical (unpaired) electrons. The molecule has 1 atom stereocenters. The SMILES string of the molecule is C[C@H](C(=O)Nc1ccc(C(F)(F)F)cc1)N1CCOCC1. The highest BCUT2D eigenvalue weighted by Crippen LogP contribution is 2.29. The number of alkyl halides is 3. The minimum atomic E-state index is -4.37. The van der Waals surface area contributed by atoms with E-state index < -0.39 is 11.7 Å². The van der Waals surface area contributed by atoms with Gasteiger partial charge < -0.3 is 10.1 Å². The first-order valence-corrected chi connectivity index (χ1v) is 6.68. The summed E-state index contributed by atoms with van der Waals surface area (Å²) in [5.41, 5.74) is -0.380. The van der Waals surface area contributed by atoms with Crippen molar-refractivity contribution in [3.63, 3.8) is 0 Å². The van der Waals surface area contributed by atoms with Crippen molar-refractivity contribution in [2.75, 3.05) is 31.6 Å². The second kappa shape index (κ2) is 6.44. The monoisotopic (exact) mass is 302 g/mol. The molecule has 0 aliphatic carbocycles. The number of carbonyl (C=O) groups excluding carboxylic acids is 1. The molecule has 1 aromatic rings. The summed E-state index contributed by atoms with van der Waals surface area (Å²) in [5, 5.41) is 2.63. The van der Waals surface area contributed by atoms with Gasteiger partial charge in [0.05, 0.1) is 24.8 Å². The molecular weight excluding hydrogens is 285 g/mol. The highest BCUT2D eigenvalue weighted by atomic mass is 19.4. The summed E-state index contributed by atoms with van der Waals surface area (Å²) in [6, 6.07) is 4.07. The summed E-state index contributed by atoms with van der Waals surface area (Å²) >= 11 is 0. The fourth-order valence-corrected chi connectivity index (χ4v) is 2.12. The van der Waals surface area contributed by atoms with Gasteiger partial charge in [-0.05, 0) is 31.2 Å². The molecule has 0 spiro atoms. The number of morpholine rings is 1. The van der Waals surface area contributed by atoms with Crippen molar-refractivity contribution in [1.82, 2.24) is 4.90 Å². The van der Waals surface area contributed by atoms with E-state index in [0.717, 1.165) is 12.1 Å². The number of nitrogens with zero attached hydrogens (tertiary/aromatic N) is 1. The van der Waals surface area contributed by atoms with Gasteiger partial charge >= 0.3 is 6.18 Å². The van der Waals surface area contributed by atoms with E-state index in [4.69, 9.17) is 4.74 Å². The topological polar surface area (TPSA) is 41.6 Å². The van der Waals surface area contributed by atoms with E-state index in [1.54, 1.807) is 6.92 Å². The van der Waals surface area contributed by atoms with Gasteiger partial charge in [-0.25, -0.2) is 0 Å². The number of hydrogen-bond acceptors (Lipinski definition) is 3. The van der Waals surface area contributed by atoms with Crippen molar-refractivity contribution < 1.29 is 22.7 Å². The molecule has 0 saturated carbocycles. The molecule has 4 nitrogen and oxygen atoms in total. The summed E-state index contributed by atoms with van der Waals surface area (Å²) < 4.78 is 42.6. The standard InChI is InChI=1S/C14H17F3N2O2/c1-10(19-6-8-21-9-7-19)13(20)18-12-4-2-11(3-5-12)14(15,16)17/h2-5,10H,6-9H2,1H3,(H,18,20)/t10-/m1/s1. The van der Waals surface area contributed by atoms with Gasteiger partial charge in [-0.1, -0.05) is 0 Å². The third-order valence-corrected chi connectivity index (χ3v) is 3.45. The average molecular weight is 302 g/mol. The Kier molecular flexibility index (Phi) is 4.84. The lowest BCUT2D eigenvalue weighted by Crippen LogP contribution is -2.47. The number of anilines is 1. The lowest BCUT2D eigenvalue weighted by molar-refractivity contribution is -0.137. The zero-order chi connectivity index (χ0) is 15.5. The highest BCUT2D eigenvalue weighted by molar-refractivity contribution is 5.94. The Morgan fingerprint density at radius 3 is 2.33 bits per heavy atom. The van der Waals surface area contributed by atoms with E-state index in [2.05, 4.69) is 5.32 Å². The summed E-state index contributed by atoms with van der Waals surface area (Å²) in [5.74, 6) is -0.239. The van der Waals surface area contributed by atoms with Gasteiger partial charge in [-0.3, -0.25) is 9.69 Å². The number of nitrogens with one attached hydrogen (secondary N) is 1. The Balaban J connectivity index is 1.95. The van der Waals surface area contributed by atoms with Crippen molar-refractivity contribution in [3.8, 4) is 0 Å². The lowest BCUT2D eigenvalue weighted by atomic mass is 10.2. The molecule has 1 aromatic carbocycles. The van der Waals surface area contributed by atoms with Gasteiger partial charge in [-0.15, -0.1) is 0 Å². The predicted molar refractivity (Wildman–Crippen MR) is 71.9 cm³/mol. The Morgan fingerprint density at radius 2 is 1.81 bits per heavy atom. The summed E-state index contributed by atoms with van der Waals surface area (Å²) in [6.45, 7) is 4.27. The maximum atomic E-state index is 12.4. The van der Waals surface area contributed by atoms with Crippen LogP contribution in [0.4, 0.5) is 18.9 Å². The van der Waals surface area contributed by atoms with Crippen LogP contribution in [0.3, 0.4) is 0 Å². The molecule has 1 saturated heterocycles. The van der Waals surface area contributed by atoms with Gasteiger partial charge in [0.2, 0.25) is 5.91 Å². The molecule has 0 aromatic heterocycles. The maximum Gasteiger partial charge on any atom is 0.416 e. The Bertz CT molecular complexity index is 482. The molecular formula is C14H17F3N2O2. The lowest BCUT2D eigenvalue weighted by Gasteiger charge is -2.31. The van der Waals surface area contributed by atoms with Crippen molar-refractivity contribution in [2.24, 2.45) is 0 Å². The molecule has 1 N–H and O–H groups in total. The summed E-state index contributed by atoms with van der Waals surface area (Å²) in [7, 11) is 0. The first-order chi connectivity index (χ1) is 9.88. The van der Waals surface area contributed by atoms with Crippen LogP contribution in [0, 0.1) is 0 Å². The number of benzene rings is 1. The zero-order valence-electron chi connectivity index (χ0n) is 11.6. The minimum absolute atomic E-state index is 0.239. The Morgan fingerprint density at radius 1 is 1.24 bits per heavy atom. The molecule has 1 fully saturated rings. The third kappa shape index (κ3) is 4.18. The fraction of sp³-hybridized carbons (Fsp3) is 0.500. The summed E-state index contributed by atoms with van der Waals surface area (Å²) in [4.78, 5) is 14.1. The second-order valence-electron chi connectivity index (χ2n) is 4.89. The first kappa shape index (κ1) is 15.8. The molecule has 116 valence electrons. The van der Waals surface area contributed by atoms with Crippen LogP contribution in [0.2, 0.25) is 0 Å². The zero-order valence-corrected chi connectivity index (χ0v) is 11.6.